The average Bonchev–Trinajstić information content (AvgIpc) is 2.69. The number of hydrogen-bond donors (Lipinski definition) is 0. The predicted octanol–water partition coefficient (Wildman–Crippen LogP) is 2.94. The van der Waals surface area contributed by atoms with E-state index in [1.807, 2.05) is 12.1 Å². The lowest BCUT2D eigenvalue weighted by molar-refractivity contribution is -0.191. The van der Waals surface area contributed by atoms with E-state index in [2.05, 4.69) is 4.98 Å². The number of pyridine rings is 1. The number of carbonyl (C=O) groups excluding carboxylic acids is 3. The SMILES string of the molecule is CC(=O)N1CC2(C1)CC1(C2)C(=O)N(c2ncc(C)cc2F)CC(=O)N1Cc1ccc(Cl)cc1. The maximum atomic E-state index is 14.7. The van der Waals surface area contributed by atoms with E-state index in [4.69, 9.17) is 11.6 Å². The van der Waals surface area contributed by atoms with Crippen LogP contribution in [0.4, 0.5) is 10.2 Å². The normalized spacial score (nSPS) is 20.8. The van der Waals surface area contributed by atoms with Crippen LogP contribution in [0.15, 0.2) is 36.5 Å². The topological polar surface area (TPSA) is 73.8 Å². The number of carbonyl (C=O) groups is 3. The maximum absolute atomic E-state index is 14.7. The second-order valence-electron chi connectivity index (χ2n) is 9.58. The van der Waals surface area contributed by atoms with Gasteiger partial charge in [0.15, 0.2) is 11.6 Å². The molecule has 33 heavy (non-hydrogen) atoms. The van der Waals surface area contributed by atoms with Crippen LogP contribution in [0.2, 0.25) is 5.02 Å². The van der Waals surface area contributed by atoms with Gasteiger partial charge in [0.25, 0.3) is 5.91 Å². The molecule has 1 saturated carbocycles. The van der Waals surface area contributed by atoms with Gasteiger partial charge in [-0.25, -0.2) is 9.37 Å². The molecule has 3 amide bonds. The van der Waals surface area contributed by atoms with E-state index in [-0.39, 0.29) is 42.0 Å². The van der Waals surface area contributed by atoms with Gasteiger partial charge in [-0.05, 0) is 49.1 Å². The molecule has 0 radical (unpaired) electrons. The van der Waals surface area contributed by atoms with Crippen LogP contribution in [-0.4, -0.2) is 57.7 Å². The molecule has 3 aliphatic rings. The molecule has 3 fully saturated rings. The Morgan fingerprint density at radius 1 is 1.18 bits per heavy atom. The van der Waals surface area contributed by atoms with E-state index in [1.165, 1.54) is 24.1 Å². The van der Waals surface area contributed by atoms with Gasteiger partial charge in [-0.15, -0.1) is 0 Å². The van der Waals surface area contributed by atoms with Crippen molar-refractivity contribution in [2.75, 3.05) is 24.5 Å². The summed E-state index contributed by atoms with van der Waals surface area (Å²) in [5.74, 6) is -1.33. The Morgan fingerprint density at radius 2 is 1.85 bits per heavy atom. The number of benzene rings is 1. The second-order valence-corrected chi connectivity index (χ2v) is 10.0. The van der Waals surface area contributed by atoms with Crippen molar-refractivity contribution >= 4 is 35.1 Å². The molecule has 0 atom stereocenters. The highest BCUT2D eigenvalue weighted by atomic mass is 35.5. The molecular weight excluding hydrogens is 447 g/mol. The summed E-state index contributed by atoms with van der Waals surface area (Å²) >= 11 is 6.00. The monoisotopic (exact) mass is 470 g/mol. The molecule has 172 valence electrons. The zero-order valence-electron chi connectivity index (χ0n) is 18.5. The number of anilines is 1. The molecule has 2 saturated heterocycles. The van der Waals surface area contributed by atoms with Gasteiger partial charge in [0.05, 0.1) is 0 Å². The first-order chi connectivity index (χ1) is 15.6. The highest BCUT2D eigenvalue weighted by Crippen LogP contribution is 2.58. The number of nitrogens with zero attached hydrogens (tertiary/aromatic N) is 4. The number of rotatable bonds is 3. The lowest BCUT2D eigenvalue weighted by atomic mass is 9.52. The Kier molecular flexibility index (Phi) is 4.97. The first-order valence-corrected chi connectivity index (χ1v) is 11.2. The van der Waals surface area contributed by atoms with Crippen molar-refractivity contribution in [3.8, 4) is 0 Å². The molecule has 0 N–H and O–H groups in total. The van der Waals surface area contributed by atoms with Crippen molar-refractivity contribution in [2.24, 2.45) is 5.41 Å². The highest BCUT2D eigenvalue weighted by molar-refractivity contribution is 6.30. The zero-order valence-corrected chi connectivity index (χ0v) is 19.2. The average molecular weight is 471 g/mol. The molecule has 3 heterocycles. The first-order valence-electron chi connectivity index (χ1n) is 10.9. The number of halogens is 2. The van der Waals surface area contributed by atoms with E-state index in [9.17, 15) is 18.8 Å². The number of likely N-dealkylation sites (tertiary alicyclic amines) is 1. The third kappa shape index (κ3) is 3.47. The summed E-state index contributed by atoms with van der Waals surface area (Å²) < 4.78 is 14.7. The molecule has 1 aromatic heterocycles. The molecule has 2 spiro atoms. The van der Waals surface area contributed by atoms with Crippen LogP contribution in [0.3, 0.4) is 0 Å². The van der Waals surface area contributed by atoms with Crippen molar-refractivity contribution in [1.82, 2.24) is 14.8 Å². The van der Waals surface area contributed by atoms with E-state index in [0.717, 1.165) is 5.56 Å². The third-order valence-corrected chi connectivity index (χ3v) is 7.31. The van der Waals surface area contributed by atoms with Gasteiger partial charge in [-0.3, -0.25) is 19.3 Å². The summed E-state index contributed by atoms with van der Waals surface area (Å²) in [7, 11) is 0. The fourth-order valence-electron chi connectivity index (χ4n) is 5.55. The molecule has 2 aromatic rings. The second kappa shape index (κ2) is 7.52. The van der Waals surface area contributed by atoms with Crippen molar-refractivity contribution < 1.29 is 18.8 Å². The maximum Gasteiger partial charge on any atom is 0.254 e. The molecule has 2 aliphatic heterocycles. The fourth-order valence-corrected chi connectivity index (χ4v) is 5.67. The van der Waals surface area contributed by atoms with Gasteiger partial charge in [-0.1, -0.05) is 23.7 Å². The van der Waals surface area contributed by atoms with E-state index in [0.29, 0.717) is 36.5 Å². The van der Waals surface area contributed by atoms with Crippen LogP contribution < -0.4 is 4.90 Å². The quantitative estimate of drug-likeness (QED) is 0.691. The van der Waals surface area contributed by atoms with E-state index < -0.39 is 11.4 Å². The summed E-state index contributed by atoms with van der Waals surface area (Å²) in [5.41, 5.74) is 0.208. The van der Waals surface area contributed by atoms with E-state index in [1.54, 1.807) is 28.9 Å². The first kappa shape index (κ1) is 21.8. The summed E-state index contributed by atoms with van der Waals surface area (Å²) in [5, 5.41) is 0.586. The molecular formula is C24H24ClFN4O3. The van der Waals surface area contributed by atoms with Gasteiger partial charge in [0.2, 0.25) is 11.8 Å². The summed E-state index contributed by atoms with van der Waals surface area (Å²) in [4.78, 5) is 47.6. The molecule has 1 aliphatic carbocycles. The lowest BCUT2D eigenvalue weighted by Crippen LogP contribution is -2.80. The molecule has 7 nitrogen and oxygen atoms in total. The number of amides is 3. The van der Waals surface area contributed by atoms with Gasteiger partial charge in [-0.2, -0.15) is 0 Å². The Balaban J connectivity index is 1.48. The Labute approximate surface area is 196 Å². The molecule has 9 heteroatoms. The van der Waals surface area contributed by atoms with Crippen molar-refractivity contribution in [3.05, 3.63) is 58.5 Å². The Hall–Kier alpha value is -3.00. The Bertz CT molecular complexity index is 1150. The van der Waals surface area contributed by atoms with Crippen LogP contribution in [-0.2, 0) is 20.9 Å². The summed E-state index contributed by atoms with van der Waals surface area (Å²) in [6, 6.07) is 8.46. The largest absolute Gasteiger partial charge is 0.342 e. The van der Waals surface area contributed by atoms with Crippen molar-refractivity contribution in [3.63, 3.8) is 0 Å². The third-order valence-electron chi connectivity index (χ3n) is 7.06. The van der Waals surface area contributed by atoms with Crippen LogP contribution >= 0.6 is 11.6 Å². The molecule has 0 unspecified atom stereocenters. The molecule has 0 bridgehead atoms. The smallest absolute Gasteiger partial charge is 0.254 e. The van der Waals surface area contributed by atoms with Crippen LogP contribution in [0, 0.1) is 18.2 Å². The minimum absolute atomic E-state index is 0.00167. The van der Waals surface area contributed by atoms with Crippen LogP contribution in [0.1, 0.15) is 30.9 Å². The van der Waals surface area contributed by atoms with E-state index >= 15 is 0 Å². The minimum atomic E-state index is -1.09. The predicted molar refractivity (Wildman–Crippen MR) is 120 cm³/mol. The number of aromatic nitrogens is 1. The van der Waals surface area contributed by atoms with Gasteiger partial charge >= 0.3 is 0 Å². The number of hydrogen-bond acceptors (Lipinski definition) is 4. The zero-order chi connectivity index (χ0) is 23.5. The number of piperazine rings is 1. The molecule has 1 aromatic carbocycles. The summed E-state index contributed by atoms with van der Waals surface area (Å²) in [6.45, 7) is 4.36. The standard InChI is InChI=1S/C24H24ClFN4O3/c1-15-7-19(26)21(27-8-15)29-10-20(32)30(9-17-3-5-18(25)6-4-17)24(22(29)33)11-23(12-24)13-28(14-23)16(2)31/h3-8H,9-14H2,1-2H3. The van der Waals surface area contributed by atoms with Crippen LogP contribution in [0.5, 0.6) is 0 Å². The van der Waals surface area contributed by atoms with Gasteiger partial charge < -0.3 is 9.80 Å². The minimum Gasteiger partial charge on any atom is -0.342 e. The van der Waals surface area contributed by atoms with Gasteiger partial charge in [0.1, 0.15) is 12.1 Å². The lowest BCUT2D eigenvalue weighted by Gasteiger charge is -2.67. The van der Waals surface area contributed by atoms with Crippen molar-refractivity contribution in [1.29, 1.82) is 0 Å². The number of aryl methyl sites for hydroxylation is 1. The summed E-state index contributed by atoms with van der Waals surface area (Å²) in [6.07, 6.45) is 2.36. The van der Waals surface area contributed by atoms with Gasteiger partial charge in [0, 0.05) is 43.2 Å². The fraction of sp³-hybridized carbons (Fsp3) is 0.417. The molecule has 5 rings (SSSR count). The van der Waals surface area contributed by atoms with Crippen LogP contribution in [0.25, 0.3) is 0 Å². The Morgan fingerprint density at radius 3 is 2.45 bits per heavy atom. The highest BCUT2D eigenvalue weighted by Gasteiger charge is 2.69. The van der Waals surface area contributed by atoms with Crippen molar-refractivity contribution in [2.45, 2.75) is 38.8 Å².